The summed E-state index contributed by atoms with van der Waals surface area (Å²) < 4.78 is 3.74. The number of halogens is 2. The molecule has 0 aliphatic carbocycles. The van der Waals surface area contributed by atoms with Crippen LogP contribution in [0.25, 0.3) is 22.5 Å². The molecule has 1 saturated heterocycles. The Bertz CT molecular complexity index is 1890. The summed E-state index contributed by atoms with van der Waals surface area (Å²) in [7, 11) is 3.86. The lowest BCUT2D eigenvalue weighted by atomic mass is 10.1. The quantitative estimate of drug-likeness (QED) is 0.329. The summed E-state index contributed by atoms with van der Waals surface area (Å²) in [5, 5.41) is 8.01. The highest BCUT2D eigenvalue weighted by Crippen LogP contribution is 2.28. The summed E-state index contributed by atoms with van der Waals surface area (Å²) in [6.07, 6.45) is 3.08. The van der Waals surface area contributed by atoms with Crippen LogP contribution in [0.3, 0.4) is 0 Å². The number of rotatable bonds is 5. The van der Waals surface area contributed by atoms with Crippen LogP contribution < -0.4 is 21.5 Å². The molecule has 0 radical (unpaired) electrons. The third-order valence-electron chi connectivity index (χ3n) is 7.18. The van der Waals surface area contributed by atoms with Gasteiger partial charge in [0.1, 0.15) is 5.39 Å². The molecule has 1 fully saturated rings. The summed E-state index contributed by atoms with van der Waals surface area (Å²) in [6.45, 7) is 6.06. The van der Waals surface area contributed by atoms with E-state index in [1.807, 2.05) is 12.1 Å². The maximum atomic E-state index is 13.9. The zero-order valence-corrected chi connectivity index (χ0v) is 24.2. The number of hydrogen-bond donors (Lipinski definition) is 1. The Balaban J connectivity index is 1.46. The van der Waals surface area contributed by atoms with Crippen molar-refractivity contribution in [1.29, 1.82) is 0 Å². The first-order valence-electron chi connectivity index (χ1n) is 13.0. The number of fused-ring (bicyclic) bond motifs is 1. The van der Waals surface area contributed by atoms with E-state index in [0.29, 0.717) is 0 Å². The molecule has 4 heterocycles. The molecule has 0 spiro atoms. The molecule has 210 valence electrons. The first-order valence-corrected chi connectivity index (χ1v) is 13.8. The number of benzene rings is 2. The van der Waals surface area contributed by atoms with Gasteiger partial charge in [0, 0.05) is 63.1 Å². The molecule has 0 bridgehead atoms. The van der Waals surface area contributed by atoms with E-state index in [1.54, 1.807) is 42.2 Å². The standard InChI is InChI=1S/C28H27Cl2N9O2/c1-17-15-18(7-8-22(17)37-13-11-35(2)12-14-37)32-27-31-16-19-25(33-27)38(23-9-10-36(3)34-23)28(41)39(26(19)40)24-20(29)5-4-6-21(24)30/h4-10,15-16H,11-14H2,1-3H3,(H,31,32,33). The van der Waals surface area contributed by atoms with E-state index < -0.39 is 11.2 Å². The van der Waals surface area contributed by atoms with Crippen molar-refractivity contribution < 1.29 is 0 Å². The third kappa shape index (κ3) is 4.96. The Hall–Kier alpha value is -4.19. The van der Waals surface area contributed by atoms with Crippen molar-refractivity contribution in [1.82, 2.24) is 33.8 Å². The molecule has 0 saturated carbocycles. The highest BCUT2D eigenvalue weighted by molar-refractivity contribution is 6.37. The predicted molar refractivity (Wildman–Crippen MR) is 162 cm³/mol. The fourth-order valence-corrected chi connectivity index (χ4v) is 5.61. The molecule has 0 atom stereocenters. The number of likely N-dealkylation sites (N-methyl/N-ethyl adjacent to an activating group) is 1. The molecule has 41 heavy (non-hydrogen) atoms. The topological polar surface area (TPSA) is 106 Å². The van der Waals surface area contributed by atoms with Gasteiger partial charge in [0.15, 0.2) is 11.5 Å². The number of para-hydroxylation sites is 1. The van der Waals surface area contributed by atoms with Crippen LogP contribution in [0.15, 0.2) is 64.4 Å². The maximum absolute atomic E-state index is 13.9. The van der Waals surface area contributed by atoms with E-state index in [4.69, 9.17) is 23.2 Å². The molecular weight excluding hydrogens is 565 g/mol. The van der Waals surface area contributed by atoms with E-state index in [2.05, 4.69) is 50.2 Å². The Kier molecular flexibility index (Phi) is 7.02. The van der Waals surface area contributed by atoms with Gasteiger partial charge in [0.2, 0.25) is 5.95 Å². The lowest BCUT2D eigenvalue weighted by Gasteiger charge is -2.35. The Morgan fingerprint density at radius 3 is 2.32 bits per heavy atom. The third-order valence-corrected chi connectivity index (χ3v) is 7.79. The summed E-state index contributed by atoms with van der Waals surface area (Å²) in [5.41, 5.74) is 1.90. The number of aromatic nitrogens is 6. The molecule has 0 unspecified atom stereocenters. The smallest absolute Gasteiger partial charge is 0.343 e. The van der Waals surface area contributed by atoms with E-state index in [9.17, 15) is 9.59 Å². The number of aryl methyl sites for hydroxylation is 2. The SMILES string of the molecule is Cc1cc(Nc2ncc3c(=O)n(-c4c(Cl)cccc4Cl)c(=O)n(-c4ccn(C)n4)c3n2)ccc1N1CCN(C)CC1. The minimum atomic E-state index is -0.715. The van der Waals surface area contributed by atoms with E-state index in [0.717, 1.165) is 42.0 Å². The molecule has 0 amide bonds. The molecule has 6 rings (SSSR count). The minimum absolute atomic E-state index is 0.0792. The average Bonchev–Trinajstić information content (AvgIpc) is 3.36. The van der Waals surface area contributed by atoms with Crippen molar-refractivity contribution >= 4 is 51.6 Å². The van der Waals surface area contributed by atoms with Crippen LogP contribution in [0, 0.1) is 6.92 Å². The maximum Gasteiger partial charge on any atom is 0.343 e. The van der Waals surface area contributed by atoms with E-state index in [-0.39, 0.29) is 38.5 Å². The minimum Gasteiger partial charge on any atom is -0.369 e. The van der Waals surface area contributed by atoms with Gasteiger partial charge < -0.3 is 15.1 Å². The molecule has 5 aromatic rings. The second-order valence-electron chi connectivity index (χ2n) is 10.0. The summed E-state index contributed by atoms with van der Waals surface area (Å²) in [4.78, 5) is 41.3. The second-order valence-corrected chi connectivity index (χ2v) is 10.8. The van der Waals surface area contributed by atoms with Crippen molar-refractivity contribution in [2.24, 2.45) is 7.05 Å². The summed E-state index contributed by atoms with van der Waals surface area (Å²) in [5.74, 6) is 0.498. The van der Waals surface area contributed by atoms with Crippen molar-refractivity contribution in [2.45, 2.75) is 6.92 Å². The van der Waals surface area contributed by atoms with E-state index >= 15 is 0 Å². The van der Waals surface area contributed by atoms with Crippen LogP contribution in [-0.4, -0.2) is 67.0 Å². The second kappa shape index (κ2) is 10.7. The van der Waals surface area contributed by atoms with Gasteiger partial charge in [-0.1, -0.05) is 29.3 Å². The van der Waals surface area contributed by atoms with E-state index in [1.165, 1.54) is 16.5 Å². The Labute approximate surface area is 245 Å². The zero-order chi connectivity index (χ0) is 28.8. The number of nitrogens with zero attached hydrogens (tertiary/aromatic N) is 8. The number of anilines is 3. The van der Waals surface area contributed by atoms with Crippen LogP contribution in [0.4, 0.5) is 17.3 Å². The van der Waals surface area contributed by atoms with Gasteiger partial charge in [-0.25, -0.2) is 18.9 Å². The molecule has 11 nitrogen and oxygen atoms in total. The van der Waals surface area contributed by atoms with Crippen LogP contribution in [0.1, 0.15) is 5.56 Å². The van der Waals surface area contributed by atoms with Gasteiger partial charge in [0.25, 0.3) is 5.56 Å². The first kappa shape index (κ1) is 27.0. The fraction of sp³-hybridized carbons (Fsp3) is 0.250. The predicted octanol–water partition coefficient (Wildman–Crippen LogP) is 3.78. The van der Waals surface area contributed by atoms with Gasteiger partial charge in [-0.05, 0) is 49.9 Å². The highest BCUT2D eigenvalue weighted by atomic mass is 35.5. The molecule has 1 N–H and O–H groups in total. The number of hydrogen-bond acceptors (Lipinski definition) is 8. The monoisotopic (exact) mass is 591 g/mol. The lowest BCUT2D eigenvalue weighted by molar-refractivity contribution is 0.312. The van der Waals surface area contributed by atoms with Crippen molar-refractivity contribution in [2.75, 3.05) is 43.4 Å². The van der Waals surface area contributed by atoms with Gasteiger partial charge in [-0.3, -0.25) is 9.48 Å². The highest BCUT2D eigenvalue weighted by Gasteiger charge is 2.22. The Morgan fingerprint density at radius 1 is 0.927 bits per heavy atom. The molecule has 3 aromatic heterocycles. The van der Waals surface area contributed by atoms with Crippen LogP contribution in [0.5, 0.6) is 0 Å². The normalized spacial score (nSPS) is 14.1. The van der Waals surface area contributed by atoms with Gasteiger partial charge in [-0.15, -0.1) is 0 Å². The van der Waals surface area contributed by atoms with Crippen molar-refractivity contribution in [3.63, 3.8) is 0 Å². The van der Waals surface area contributed by atoms with Crippen LogP contribution in [0.2, 0.25) is 10.0 Å². The van der Waals surface area contributed by atoms with Gasteiger partial charge in [-0.2, -0.15) is 10.1 Å². The van der Waals surface area contributed by atoms with Crippen LogP contribution in [-0.2, 0) is 7.05 Å². The summed E-state index contributed by atoms with van der Waals surface area (Å²) in [6, 6.07) is 12.5. The molecule has 1 aliphatic rings. The molecular formula is C28H27Cl2N9O2. The van der Waals surface area contributed by atoms with Gasteiger partial charge >= 0.3 is 5.69 Å². The summed E-state index contributed by atoms with van der Waals surface area (Å²) >= 11 is 12.8. The molecule has 2 aromatic carbocycles. The first-order chi connectivity index (χ1) is 19.7. The lowest BCUT2D eigenvalue weighted by Crippen LogP contribution is -2.44. The zero-order valence-electron chi connectivity index (χ0n) is 22.7. The van der Waals surface area contributed by atoms with Crippen molar-refractivity contribution in [3.8, 4) is 11.5 Å². The van der Waals surface area contributed by atoms with Crippen molar-refractivity contribution in [3.05, 3.63) is 91.3 Å². The number of piperazine rings is 1. The fourth-order valence-electron chi connectivity index (χ4n) is 5.05. The van der Waals surface area contributed by atoms with Gasteiger partial charge in [0.05, 0.1) is 15.7 Å². The Morgan fingerprint density at radius 2 is 1.66 bits per heavy atom. The molecule has 13 heteroatoms. The largest absolute Gasteiger partial charge is 0.369 e. The number of nitrogens with one attached hydrogen (secondary N) is 1. The van der Waals surface area contributed by atoms with Crippen LogP contribution >= 0.6 is 23.2 Å². The molecule has 1 aliphatic heterocycles. The average molecular weight is 592 g/mol.